The maximum Gasteiger partial charge on any atom is 0.340 e. The fourth-order valence-corrected chi connectivity index (χ4v) is 2.73. The molecule has 0 spiro atoms. The Bertz CT molecular complexity index is 785. The van der Waals surface area contributed by atoms with Crippen molar-refractivity contribution in [2.45, 2.75) is 13.8 Å². The molecule has 2 rings (SSSR count). The van der Waals surface area contributed by atoms with Crippen LogP contribution in [0.5, 0.6) is 0 Å². The minimum Gasteiger partial charge on any atom is -0.452 e. The Labute approximate surface area is 148 Å². The summed E-state index contributed by atoms with van der Waals surface area (Å²) in [6.45, 7) is 3.17. The molecule has 0 aliphatic carbocycles. The predicted octanol–water partition coefficient (Wildman–Crippen LogP) is 4.54. The van der Waals surface area contributed by atoms with Crippen molar-refractivity contribution < 1.29 is 18.7 Å². The van der Waals surface area contributed by atoms with Crippen molar-refractivity contribution in [2.75, 3.05) is 11.9 Å². The van der Waals surface area contributed by atoms with E-state index in [4.69, 9.17) is 27.9 Å². The minimum absolute atomic E-state index is 0.0181. The summed E-state index contributed by atoms with van der Waals surface area (Å²) in [5.41, 5.74) is 2.20. The highest BCUT2D eigenvalue weighted by Gasteiger charge is 2.15. The van der Waals surface area contributed by atoms with Crippen LogP contribution in [-0.2, 0) is 9.53 Å². The summed E-state index contributed by atoms with van der Waals surface area (Å²) in [4.78, 5) is 23.8. The van der Waals surface area contributed by atoms with Crippen molar-refractivity contribution in [1.29, 1.82) is 0 Å². The number of hydrogen-bond donors (Lipinski definition) is 1. The van der Waals surface area contributed by atoms with Gasteiger partial charge in [0.15, 0.2) is 6.61 Å². The first kappa shape index (κ1) is 18.2. The molecule has 0 bridgehead atoms. The minimum atomic E-state index is -0.818. The molecule has 24 heavy (non-hydrogen) atoms. The van der Waals surface area contributed by atoms with Crippen LogP contribution in [0.25, 0.3) is 0 Å². The molecule has 1 N–H and O–H groups in total. The Morgan fingerprint density at radius 2 is 1.83 bits per heavy atom. The molecule has 0 fully saturated rings. The predicted molar refractivity (Wildman–Crippen MR) is 91.2 cm³/mol. The number of amides is 1. The molecule has 0 saturated carbocycles. The highest BCUT2D eigenvalue weighted by Crippen LogP contribution is 2.27. The van der Waals surface area contributed by atoms with Gasteiger partial charge in [0.05, 0.1) is 21.3 Å². The van der Waals surface area contributed by atoms with E-state index >= 15 is 0 Å². The van der Waals surface area contributed by atoms with Crippen LogP contribution in [0, 0.1) is 19.7 Å². The first-order valence-electron chi connectivity index (χ1n) is 6.96. The number of benzene rings is 2. The molecule has 0 heterocycles. The molecular weight excluding hydrogens is 356 g/mol. The summed E-state index contributed by atoms with van der Waals surface area (Å²) < 4.78 is 17.8. The van der Waals surface area contributed by atoms with Crippen molar-refractivity contribution in [3.05, 3.63) is 62.9 Å². The Kier molecular flexibility index (Phi) is 5.80. The first-order valence-corrected chi connectivity index (χ1v) is 7.72. The van der Waals surface area contributed by atoms with Crippen LogP contribution < -0.4 is 5.32 Å². The van der Waals surface area contributed by atoms with Gasteiger partial charge >= 0.3 is 5.97 Å². The number of anilines is 1. The number of aryl methyl sites for hydroxylation is 2. The number of nitrogens with one attached hydrogen (secondary N) is 1. The van der Waals surface area contributed by atoms with Gasteiger partial charge in [0.2, 0.25) is 0 Å². The maximum atomic E-state index is 13.0. The topological polar surface area (TPSA) is 55.4 Å². The first-order chi connectivity index (χ1) is 11.3. The zero-order chi connectivity index (χ0) is 17.9. The van der Waals surface area contributed by atoms with Crippen molar-refractivity contribution >= 4 is 40.8 Å². The normalized spacial score (nSPS) is 10.4. The molecule has 0 saturated heterocycles. The van der Waals surface area contributed by atoms with Crippen LogP contribution in [-0.4, -0.2) is 18.5 Å². The second-order valence-electron chi connectivity index (χ2n) is 5.19. The van der Waals surface area contributed by atoms with E-state index in [0.29, 0.717) is 10.7 Å². The van der Waals surface area contributed by atoms with Crippen molar-refractivity contribution in [3.8, 4) is 0 Å². The third-order valence-electron chi connectivity index (χ3n) is 3.18. The maximum absolute atomic E-state index is 13.0. The average molecular weight is 370 g/mol. The molecule has 0 aliphatic rings. The van der Waals surface area contributed by atoms with Gasteiger partial charge < -0.3 is 10.1 Å². The summed E-state index contributed by atoms with van der Waals surface area (Å²) in [5.74, 6) is -1.93. The second kappa shape index (κ2) is 7.64. The smallest absolute Gasteiger partial charge is 0.340 e. The molecule has 1 amide bonds. The van der Waals surface area contributed by atoms with E-state index in [-0.39, 0.29) is 10.6 Å². The summed E-state index contributed by atoms with van der Waals surface area (Å²) >= 11 is 11.9. The molecular formula is C17H14Cl2FNO3. The molecule has 126 valence electrons. The monoisotopic (exact) mass is 369 g/mol. The van der Waals surface area contributed by atoms with E-state index in [9.17, 15) is 14.0 Å². The summed E-state index contributed by atoms with van der Waals surface area (Å²) in [7, 11) is 0. The van der Waals surface area contributed by atoms with Crippen LogP contribution in [0.2, 0.25) is 10.0 Å². The molecule has 0 aromatic heterocycles. The van der Waals surface area contributed by atoms with E-state index in [1.54, 1.807) is 13.0 Å². The summed E-state index contributed by atoms with van der Waals surface area (Å²) in [6.07, 6.45) is 0. The molecule has 2 aromatic carbocycles. The Balaban J connectivity index is 2.00. The van der Waals surface area contributed by atoms with Crippen molar-refractivity contribution in [1.82, 2.24) is 0 Å². The third-order valence-corrected chi connectivity index (χ3v) is 3.79. The fourth-order valence-electron chi connectivity index (χ4n) is 2.11. The molecule has 0 aliphatic heterocycles. The second-order valence-corrected chi connectivity index (χ2v) is 6.00. The molecule has 0 atom stereocenters. The molecule has 0 unspecified atom stereocenters. The van der Waals surface area contributed by atoms with Gasteiger partial charge in [0.1, 0.15) is 5.82 Å². The van der Waals surface area contributed by atoms with E-state index in [1.807, 2.05) is 13.0 Å². The molecule has 0 radical (unpaired) electrons. The number of hydrogen-bond acceptors (Lipinski definition) is 3. The lowest BCUT2D eigenvalue weighted by atomic mass is 10.1. The van der Waals surface area contributed by atoms with E-state index < -0.39 is 24.3 Å². The third kappa shape index (κ3) is 4.46. The van der Waals surface area contributed by atoms with Gasteiger partial charge in [-0.25, -0.2) is 9.18 Å². The van der Waals surface area contributed by atoms with Crippen molar-refractivity contribution in [2.24, 2.45) is 0 Å². The van der Waals surface area contributed by atoms with Gasteiger partial charge in [-0.2, -0.15) is 0 Å². The summed E-state index contributed by atoms with van der Waals surface area (Å²) in [5, 5.41) is 2.91. The molecule has 4 nitrogen and oxygen atoms in total. The number of rotatable bonds is 4. The lowest BCUT2D eigenvalue weighted by Gasteiger charge is -2.12. The number of halogens is 3. The Morgan fingerprint density at radius 3 is 2.46 bits per heavy atom. The highest BCUT2D eigenvalue weighted by atomic mass is 35.5. The zero-order valence-electron chi connectivity index (χ0n) is 13.0. The fraction of sp³-hybridized carbons (Fsp3) is 0.176. The quantitative estimate of drug-likeness (QED) is 0.804. The van der Waals surface area contributed by atoms with Gasteiger partial charge in [-0.15, -0.1) is 0 Å². The SMILES string of the molecule is Cc1cc(C)c(NC(=O)COC(=O)c2ccc(F)cc2Cl)c(Cl)c1. The Morgan fingerprint density at radius 1 is 1.12 bits per heavy atom. The lowest BCUT2D eigenvalue weighted by molar-refractivity contribution is -0.119. The van der Waals surface area contributed by atoms with Crippen molar-refractivity contribution in [3.63, 3.8) is 0 Å². The van der Waals surface area contributed by atoms with Crippen LogP contribution in [0.15, 0.2) is 30.3 Å². The van der Waals surface area contributed by atoms with Gasteiger partial charge in [0.25, 0.3) is 5.91 Å². The van der Waals surface area contributed by atoms with Gasteiger partial charge in [-0.3, -0.25) is 4.79 Å². The van der Waals surface area contributed by atoms with Crippen LogP contribution >= 0.6 is 23.2 Å². The number of esters is 1. The van der Waals surface area contributed by atoms with Crippen LogP contribution in [0.3, 0.4) is 0 Å². The zero-order valence-corrected chi connectivity index (χ0v) is 14.5. The molecule has 7 heteroatoms. The molecule has 2 aromatic rings. The van der Waals surface area contributed by atoms with E-state index in [0.717, 1.165) is 23.3 Å². The average Bonchev–Trinajstić information content (AvgIpc) is 2.48. The van der Waals surface area contributed by atoms with E-state index in [2.05, 4.69) is 5.32 Å². The van der Waals surface area contributed by atoms with Gasteiger partial charge in [-0.05, 0) is 49.2 Å². The highest BCUT2D eigenvalue weighted by molar-refractivity contribution is 6.34. The standard InChI is InChI=1S/C17H14Cl2FNO3/c1-9-5-10(2)16(14(19)6-9)21-15(22)8-24-17(23)12-4-3-11(20)7-13(12)18/h3-7H,8H2,1-2H3,(H,21,22). The summed E-state index contributed by atoms with van der Waals surface area (Å²) in [6, 6.07) is 6.85. The van der Waals surface area contributed by atoms with E-state index in [1.165, 1.54) is 6.07 Å². The van der Waals surface area contributed by atoms with Gasteiger partial charge in [-0.1, -0.05) is 29.3 Å². The lowest BCUT2D eigenvalue weighted by Crippen LogP contribution is -2.21. The Hall–Kier alpha value is -2.11. The van der Waals surface area contributed by atoms with Gasteiger partial charge in [0, 0.05) is 0 Å². The van der Waals surface area contributed by atoms with Crippen LogP contribution in [0.4, 0.5) is 10.1 Å². The number of ether oxygens (including phenoxy) is 1. The van der Waals surface area contributed by atoms with Crippen LogP contribution in [0.1, 0.15) is 21.5 Å². The largest absolute Gasteiger partial charge is 0.452 e. The number of carbonyl (C=O) groups is 2. The number of carbonyl (C=O) groups excluding carboxylic acids is 2.